The van der Waals surface area contributed by atoms with Gasteiger partial charge in [-0.1, -0.05) is 12.1 Å². The molecule has 0 amide bonds. The second kappa shape index (κ2) is 10.3. The fraction of sp³-hybridized carbons (Fsp3) is 0.478. The van der Waals surface area contributed by atoms with Crippen LogP contribution in [0, 0.1) is 12.8 Å². The Bertz CT molecular complexity index is 1060. The first kappa shape index (κ1) is 23.9. The molecule has 3 aromatic rings. The van der Waals surface area contributed by atoms with Gasteiger partial charge in [-0.15, -0.1) is 0 Å². The molecule has 1 atom stereocenters. The minimum absolute atomic E-state index is 0. The summed E-state index contributed by atoms with van der Waals surface area (Å²) in [4.78, 5) is 12.0. The maximum atomic E-state index is 12.9. The standard InChI is InChI=1S/C23H27N3O4S.Na.H/c1-16-20(15-31(27)22-25-18-6-2-3-7-19(18)26-22)24-11-8-21(16)28-12-17-13-29-23(30-14-17)9-4-5-10-23;;/h2-3,6-8,11,17H,4-5,9-10,12-15H2,1H3,(H,25,26);;/q;+1;-1. The number of imidazole rings is 1. The van der Waals surface area contributed by atoms with Gasteiger partial charge in [0.15, 0.2) is 10.9 Å². The van der Waals surface area contributed by atoms with E-state index < -0.39 is 10.8 Å². The molecule has 1 saturated carbocycles. The van der Waals surface area contributed by atoms with Gasteiger partial charge in [0.25, 0.3) is 0 Å². The second-order valence-corrected chi connectivity index (χ2v) is 9.71. The van der Waals surface area contributed by atoms with E-state index in [0.717, 1.165) is 40.9 Å². The summed E-state index contributed by atoms with van der Waals surface area (Å²) in [6.45, 7) is 3.79. The minimum atomic E-state index is -1.32. The summed E-state index contributed by atoms with van der Waals surface area (Å²) in [5.74, 6) is 0.900. The van der Waals surface area contributed by atoms with Crippen LogP contribution in [0.4, 0.5) is 0 Å². The monoisotopic (exact) mass is 465 g/mol. The SMILES string of the molecule is Cc1c(OCC2COC3(CCCC3)OC2)ccnc1CS(=O)c1nc2ccccc2[nH]1.[H-].[Na+]. The van der Waals surface area contributed by atoms with Gasteiger partial charge in [-0.2, -0.15) is 0 Å². The van der Waals surface area contributed by atoms with E-state index >= 15 is 0 Å². The molecule has 0 radical (unpaired) electrons. The third-order valence-electron chi connectivity index (χ3n) is 6.11. The molecule has 2 aromatic heterocycles. The topological polar surface area (TPSA) is 86.3 Å². The number of benzene rings is 1. The number of nitrogens with one attached hydrogen (secondary N) is 1. The molecule has 1 spiro atoms. The van der Waals surface area contributed by atoms with Gasteiger partial charge in [0.2, 0.25) is 0 Å². The second-order valence-electron chi connectivity index (χ2n) is 8.35. The molecule has 3 heterocycles. The molecule has 1 aliphatic carbocycles. The maximum absolute atomic E-state index is 12.9. The molecule has 7 nitrogen and oxygen atoms in total. The van der Waals surface area contributed by atoms with Crippen LogP contribution in [0.1, 0.15) is 38.4 Å². The molecular formula is C23H28N3NaO4S. The van der Waals surface area contributed by atoms with Gasteiger partial charge < -0.3 is 20.6 Å². The number of hydrogen-bond donors (Lipinski definition) is 1. The van der Waals surface area contributed by atoms with Crippen molar-refractivity contribution < 1.29 is 49.4 Å². The van der Waals surface area contributed by atoms with Crippen LogP contribution < -0.4 is 34.3 Å². The summed E-state index contributed by atoms with van der Waals surface area (Å²) in [7, 11) is -1.32. The van der Waals surface area contributed by atoms with Crippen LogP contribution in [-0.4, -0.2) is 44.8 Å². The van der Waals surface area contributed by atoms with Crippen molar-refractivity contribution in [2.24, 2.45) is 5.92 Å². The predicted molar refractivity (Wildman–Crippen MR) is 118 cm³/mol. The Morgan fingerprint density at radius 1 is 1.22 bits per heavy atom. The number of ether oxygens (including phenoxy) is 3. The predicted octanol–water partition coefficient (Wildman–Crippen LogP) is 1.00. The van der Waals surface area contributed by atoms with E-state index in [2.05, 4.69) is 15.0 Å². The fourth-order valence-corrected chi connectivity index (χ4v) is 5.33. The molecule has 2 aliphatic rings. The van der Waals surface area contributed by atoms with Crippen molar-refractivity contribution in [2.75, 3.05) is 19.8 Å². The van der Waals surface area contributed by atoms with Gasteiger partial charge in [-0.05, 0) is 38.0 Å². The number of aromatic nitrogens is 3. The molecule has 1 unspecified atom stereocenters. The number of para-hydroxylation sites is 2. The van der Waals surface area contributed by atoms with E-state index in [9.17, 15) is 4.21 Å². The zero-order chi connectivity index (χ0) is 21.3. The van der Waals surface area contributed by atoms with Gasteiger partial charge >= 0.3 is 29.6 Å². The number of pyridine rings is 1. The first-order valence-corrected chi connectivity index (χ1v) is 12.1. The Kier molecular flexibility index (Phi) is 7.69. The molecule has 166 valence electrons. The number of aromatic amines is 1. The van der Waals surface area contributed by atoms with Crippen LogP contribution in [0.2, 0.25) is 0 Å². The van der Waals surface area contributed by atoms with E-state index in [4.69, 9.17) is 14.2 Å². The van der Waals surface area contributed by atoms with Crippen molar-refractivity contribution >= 4 is 21.8 Å². The van der Waals surface area contributed by atoms with Crippen LogP contribution in [0.3, 0.4) is 0 Å². The summed E-state index contributed by atoms with van der Waals surface area (Å²) in [5, 5.41) is 0.464. The van der Waals surface area contributed by atoms with Gasteiger partial charge in [-0.25, -0.2) is 4.98 Å². The minimum Gasteiger partial charge on any atom is -1.00 e. The first-order chi connectivity index (χ1) is 15.1. The van der Waals surface area contributed by atoms with Gasteiger partial charge in [-0.3, -0.25) is 9.19 Å². The third-order valence-corrected chi connectivity index (χ3v) is 7.27. The summed E-state index contributed by atoms with van der Waals surface area (Å²) in [6, 6.07) is 9.52. The largest absolute Gasteiger partial charge is 1.00 e. The van der Waals surface area contributed by atoms with Crippen molar-refractivity contribution in [1.82, 2.24) is 15.0 Å². The summed E-state index contributed by atoms with van der Waals surface area (Å²) in [5.41, 5.74) is 3.34. The Hall–Kier alpha value is -1.29. The molecule has 2 fully saturated rings. The van der Waals surface area contributed by atoms with E-state index in [1.54, 1.807) is 6.20 Å². The van der Waals surface area contributed by atoms with Crippen LogP contribution in [0.15, 0.2) is 41.7 Å². The molecule has 5 rings (SSSR count). The third kappa shape index (κ3) is 5.11. The Labute approximate surface area is 213 Å². The fourth-order valence-electron chi connectivity index (χ4n) is 4.23. The van der Waals surface area contributed by atoms with Crippen LogP contribution in [0.5, 0.6) is 5.75 Å². The van der Waals surface area contributed by atoms with E-state index in [1.807, 2.05) is 37.3 Å². The van der Waals surface area contributed by atoms with E-state index in [1.165, 1.54) is 12.8 Å². The summed E-state index contributed by atoms with van der Waals surface area (Å²) >= 11 is 0. The molecule has 32 heavy (non-hydrogen) atoms. The molecule has 0 bridgehead atoms. The molecule has 1 aromatic carbocycles. The Morgan fingerprint density at radius 3 is 2.72 bits per heavy atom. The average molecular weight is 466 g/mol. The normalized spacial score (nSPS) is 19.2. The van der Waals surface area contributed by atoms with Crippen molar-refractivity contribution in [1.29, 1.82) is 0 Å². The molecule has 1 N–H and O–H groups in total. The smallest absolute Gasteiger partial charge is 1.00 e. The van der Waals surface area contributed by atoms with Crippen molar-refractivity contribution in [3.05, 3.63) is 47.8 Å². The van der Waals surface area contributed by atoms with Crippen LogP contribution in [0.25, 0.3) is 11.0 Å². The zero-order valence-electron chi connectivity index (χ0n) is 19.6. The van der Waals surface area contributed by atoms with Crippen molar-refractivity contribution in [3.8, 4) is 5.75 Å². The van der Waals surface area contributed by atoms with Crippen LogP contribution >= 0.6 is 0 Å². The van der Waals surface area contributed by atoms with Gasteiger partial charge in [0.05, 0.1) is 53.1 Å². The molecular weight excluding hydrogens is 437 g/mol. The zero-order valence-corrected chi connectivity index (χ0v) is 21.5. The van der Waals surface area contributed by atoms with Crippen molar-refractivity contribution in [3.63, 3.8) is 0 Å². The first-order valence-electron chi connectivity index (χ1n) is 10.8. The maximum Gasteiger partial charge on any atom is 1.00 e. The van der Waals surface area contributed by atoms with Crippen molar-refractivity contribution in [2.45, 2.75) is 49.3 Å². The molecule has 1 saturated heterocycles. The average Bonchev–Trinajstić information content (AvgIpc) is 3.43. The number of hydrogen-bond acceptors (Lipinski definition) is 6. The van der Waals surface area contributed by atoms with Gasteiger partial charge in [0, 0.05) is 30.5 Å². The van der Waals surface area contributed by atoms with E-state index in [-0.39, 0.29) is 48.4 Å². The molecule has 1 aliphatic heterocycles. The number of H-pyrrole nitrogens is 1. The van der Waals surface area contributed by atoms with Gasteiger partial charge in [0.1, 0.15) is 5.75 Å². The number of nitrogens with zero attached hydrogens (tertiary/aromatic N) is 2. The van der Waals surface area contributed by atoms with Crippen LogP contribution in [-0.2, 0) is 26.0 Å². The number of rotatable bonds is 6. The molecule has 9 heteroatoms. The van der Waals surface area contributed by atoms with E-state index in [0.29, 0.717) is 25.0 Å². The summed E-state index contributed by atoms with van der Waals surface area (Å²) < 4.78 is 31.0. The Balaban J connectivity index is 0.00000153. The summed E-state index contributed by atoms with van der Waals surface area (Å²) in [6.07, 6.45) is 6.05. The quantitative estimate of drug-likeness (QED) is 0.547. The number of fused-ring (bicyclic) bond motifs is 1. The Morgan fingerprint density at radius 2 is 1.97 bits per heavy atom.